The first-order chi connectivity index (χ1) is 10.2. The van der Waals surface area contributed by atoms with Gasteiger partial charge in [0.2, 0.25) is 0 Å². The predicted octanol–water partition coefficient (Wildman–Crippen LogP) is 2.76. The molecule has 2 rings (SSSR count). The van der Waals surface area contributed by atoms with Crippen LogP contribution < -0.4 is 5.32 Å². The van der Waals surface area contributed by atoms with Crippen molar-refractivity contribution in [3.63, 3.8) is 0 Å². The first kappa shape index (κ1) is 14.1. The number of hydrogen-bond acceptors (Lipinski definition) is 5. The lowest BCUT2D eigenvalue weighted by Gasteiger charge is -2.08. The lowest BCUT2D eigenvalue weighted by molar-refractivity contribution is 0.881. The molecule has 1 aromatic carbocycles. The molecule has 2 aromatic rings. The van der Waals surface area contributed by atoms with Crippen molar-refractivity contribution in [2.24, 2.45) is 0 Å². The van der Waals surface area contributed by atoms with E-state index in [9.17, 15) is 0 Å². The molecule has 0 bridgehead atoms. The Kier molecular flexibility index (Phi) is 4.21. The highest BCUT2D eigenvalue weighted by atomic mass is 35.5. The van der Waals surface area contributed by atoms with Gasteiger partial charge in [0.05, 0.1) is 10.7 Å². The van der Waals surface area contributed by atoms with Crippen molar-refractivity contribution in [1.29, 1.82) is 15.8 Å². The van der Waals surface area contributed by atoms with Crippen LogP contribution >= 0.6 is 11.6 Å². The molecule has 0 aliphatic carbocycles. The minimum absolute atomic E-state index is 0.122. The zero-order chi connectivity index (χ0) is 15.2. The van der Waals surface area contributed by atoms with Crippen LogP contribution in [0.15, 0.2) is 47.9 Å². The van der Waals surface area contributed by atoms with Crippen LogP contribution in [0.3, 0.4) is 0 Å². The standard InChI is InChI=1S/C14H7ClN6/c15-12-6-11(20-13(9-18)10(7-16)8-17)2-3-14(12)21-5-1-4-19-21/h1-6,20H. The highest BCUT2D eigenvalue weighted by Gasteiger charge is 2.08. The van der Waals surface area contributed by atoms with Gasteiger partial charge in [-0.1, -0.05) is 11.6 Å². The number of halogens is 1. The number of nitrogens with zero attached hydrogens (tertiary/aromatic N) is 5. The fraction of sp³-hybridized carbons (Fsp3) is 0. The van der Waals surface area contributed by atoms with Crippen molar-refractivity contribution in [1.82, 2.24) is 9.78 Å². The molecule has 0 spiro atoms. The van der Waals surface area contributed by atoms with Crippen LogP contribution in [0.2, 0.25) is 5.02 Å². The van der Waals surface area contributed by atoms with E-state index in [1.54, 1.807) is 59.5 Å². The summed E-state index contributed by atoms with van der Waals surface area (Å²) in [6, 6.07) is 11.8. The molecule has 1 heterocycles. The Hall–Kier alpha value is -3.27. The molecule has 1 aromatic heterocycles. The molecule has 0 unspecified atom stereocenters. The molecule has 0 fully saturated rings. The SMILES string of the molecule is N#CC(C#N)=C(C#N)Nc1ccc(-n2cccn2)c(Cl)c1. The van der Waals surface area contributed by atoms with Crippen LogP contribution in [-0.4, -0.2) is 9.78 Å². The Labute approximate surface area is 125 Å². The molecule has 0 saturated heterocycles. The summed E-state index contributed by atoms with van der Waals surface area (Å²) < 4.78 is 1.60. The third kappa shape index (κ3) is 3.01. The second-order valence-corrected chi connectivity index (χ2v) is 4.23. The van der Waals surface area contributed by atoms with E-state index in [-0.39, 0.29) is 11.3 Å². The van der Waals surface area contributed by atoms with Crippen molar-refractivity contribution in [2.75, 3.05) is 5.32 Å². The van der Waals surface area contributed by atoms with E-state index in [2.05, 4.69) is 10.4 Å². The summed E-state index contributed by atoms with van der Waals surface area (Å²) in [4.78, 5) is 0. The summed E-state index contributed by atoms with van der Waals surface area (Å²) in [7, 11) is 0. The maximum Gasteiger partial charge on any atom is 0.163 e. The minimum atomic E-state index is -0.287. The van der Waals surface area contributed by atoms with Crippen LogP contribution in [0.25, 0.3) is 5.69 Å². The molecule has 7 heteroatoms. The van der Waals surface area contributed by atoms with Crippen molar-refractivity contribution >= 4 is 17.3 Å². The van der Waals surface area contributed by atoms with E-state index in [1.165, 1.54) is 0 Å². The summed E-state index contributed by atoms with van der Waals surface area (Å²) in [5.74, 6) is 0. The molecule has 0 aliphatic heterocycles. The predicted molar refractivity (Wildman–Crippen MR) is 76.1 cm³/mol. The largest absolute Gasteiger partial charge is 0.345 e. The monoisotopic (exact) mass is 294 g/mol. The first-order valence-electron chi connectivity index (χ1n) is 5.70. The topological polar surface area (TPSA) is 101 Å². The number of hydrogen-bond donors (Lipinski definition) is 1. The number of rotatable bonds is 3. The fourth-order valence-corrected chi connectivity index (χ4v) is 1.88. The summed E-state index contributed by atoms with van der Waals surface area (Å²) in [5, 5.41) is 33.7. The second kappa shape index (κ2) is 6.25. The number of nitriles is 3. The van der Waals surface area contributed by atoms with Crippen molar-refractivity contribution < 1.29 is 0 Å². The first-order valence-corrected chi connectivity index (χ1v) is 6.08. The number of nitrogens with one attached hydrogen (secondary N) is 1. The molecule has 6 nitrogen and oxygen atoms in total. The van der Waals surface area contributed by atoms with Gasteiger partial charge in [0.25, 0.3) is 0 Å². The minimum Gasteiger partial charge on any atom is -0.345 e. The fourth-order valence-electron chi connectivity index (χ4n) is 1.61. The number of anilines is 1. The lowest BCUT2D eigenvalue weighted by atomic mass is 10.2. The van der Waals surface area contributed by atoms with Gasteiger partial charge in [-0.2, -0.15) is 20.9 Å². The lowest BCUT2D eigenvalue weighted by Crippen LogP contribution is -2.02. The molecule has 21 heavy (non-hydrogen) atoms. The van der Waals surface area contributed by atoms with Crippen LogP contribution in [0.4, 0.5) is 5.69 Å². The Morgan fingerprint density at radius 1 is 1.19 bits per heavy atom. The Morgan fingerprint density at radius 3 is 2.48 bits per heavy atom. The molecule has 0 saturated carbocycles. The van der Waals surface area contributed by atoms with E-state index in [4.69, 9.17) is 27.4 Å². The summed E-state index contributed by atoms with van der Waals surface area (Å²) in [5.41, 5.74) is 0.763. The molecular weight excluding hydrogens is 288 g/mol. The number of benzene rings is 1. The maximum atomic E-state index is 8.97. The zero-order valence-corrected chi connectivity index (χ0v) is 11.3. The number of allylic oxidation sites excluding steroid dienone is 2. The molecule has 1 N–H and O–H groups in total. The van der Waals surface area contributed by atoms with Gasteiger partial charge in [-0.15, -0.1) is 0 Å². The van der Waals surface area contributed by atoms with Crippen LogP contribution in [0, 0.1) is 34.0 Å². The summed E-state index contributed by atoms with van der Waals surface area (Å²) in [6.45, 7) is 0. The van der Waals surface area contributed by atoms with Crippen molar-refractivity contribution in [3.8, 4) is 23.9 Å². The van der Waals surface area contributed by atoms with Gasteiger partial charge < -0.3 is 5.32 Å². The smallest absolute Gasteiger partial charge is 0.163 e. The quantitative estimate of drug-likeness (QED) is 0.877. The Balaban J connectivity index is 2.35. The average molecular weight is 295 g/mol. The van der Waals surface area contributed by atoms with Crippen molar-refractivity contribution in [2.45, 2.75) is 0 Å². The molecule has 0 aliphatic rings. The van der Waals surface area contributed by atoms with Gasteiger partial charge in [-0.05, 0) is 24.3 Å². The maximum absolute atomic E-state index is 8.97. The van der Waals surface area contributed by atoms with Gasteiger partial charge in [0.15, 0.2) is 5.57 Å². The van der Waals surface area contributed by atoms with Crippen LogP contribution in [0.1, 0.15) is 0 Å². The Bertz CT molecular complexity index is 799. The zero-order valence-electron chi connectivity index (χ0n) is 10.6. The van der Waals surface area contributed by atoms with E-state index < -0.39 is 0 Å². The van der Waals surface area contributed by atoms with Gasteiger partial charge >= 0.3 is 0 Å². The van der Waals surface area contributed by atoms with Crippen LogP contribution in [0.5, 0.6) is 0 Å². The summed E-state index contributed by atoms with van der Waals surface area (Å²) >= 11 is 6.16. The van der Waals surface area contributed by atoms with Gasteiger partial charge in [-0.3, -0.25) is 0 Å². The highest BCUT2D eigenvalue weighted by molar-refractivity contribution is 6.32. The third-order valence-electron chi connectivity index (χ3n) is 2.55. The molecule has 0 atom stereocenters. The molecular formula is C14H7ClN6. The van der Waals surface area contributed by atoms with Gasteiger partial charge in [-0.25, -0.2) is 4.68 Å². The van der Waals surface area contributed by atoms with Gasteiger partial charge in [0, 0.05) is 18.1 Å². The van der Waals surface area contributed by atoms with E-state index in [1.807, 2.05) is 0 Å². The average Bonchev–Trinajstić information content (AvgIpc) is 3.01. The highest BCUT2D eigenvalue weighted by Crippen LogP contribution is 2.24. The summed E-state index contributed by atoms with van der Waals surface area (Å²) in [6.07, 6.45) is 3.38. The third-order valence-corrected chi connectivity index (χ3v) is 2.86. The second-order valence-electron chi connectivity index (χ2n) is 3.83. The van der Waals surface area contributed by atoms with E-state index in [0.717, 1.165) is 0 Å². The molecule has 100 valence electrons. The number of aromatic nitrogens is 2. The van der Waals surface area contributed by atoms with E-state index in [0.29, 0.717) is 16.4 Å². The molecule has 0 radical (unpaired) electrons. The van der Waals surface area contributed by atoms with Gasteiger partial charge in [0.1, 0.15) is 23.9 Å². The Morgan fingerprint density at radius 2 is 1.95 bits per heavy atom. The normalized spacial score (nSPS) is 9.05. The van der Waals surface area contributed by atoms with E-state index >= 15 is 0 Å². The van der Waals surface area contributed by atoms with Crippen LogP contribution in [-0.2, 0) is 0 Å². The van der Waals surface area contributed by atoms with Crippen molar-refractivity contribution in [3.05, 3.63) is 53.0 Å². The molecule has 0 amide bonds.